The minimum absolute atomic E-state index is 0.408. The van der Waals surface area contributed by atoms with Crippen LogP contribution < -0.4 is 22.0 Å². The highest BCUT2D eigenvalue weighted by atomic mass is 32.2. The summed E-state index contributed by atoms with van der Waals surface area (Å²) in [6.07, 6.45) is 3.58. The number of hydrazone groups is 1. The molecule has 2 aromatic rings. The van der Waals surface area contributed by atoms with E-state index in [4.69, 9.17) is 11.7 Å². The van der Waals surface area contributed by atoms with Gasteiger partial charge in [0, 0.05) is 6.20 Å². The first kappa shape index (κ1) is 12.7. The summed E-state index contributed by atoms with van der Waals surface area (Å²) in [5.41, 5.74) is 2.25. The molecule has 0 spiro atoms. The van der Waals surface area contributed by atoms with Crippen molar-refractivity contribution in [3.8, 4) is 0 Å². The molecule has 0 atom stereocenters. The molecule has 0 amide bonds. The molecule has 5 N–H and O–H groups in total. The lowest BCUT2D eigenvalue weighted by Crippen LogP contribution is -2.38. The van der Waals surface area contributed by atoms with Crippen molar-refractivity contribution in [2.24, 2.45) is 16.8 Å². The number of fused-ring (bicyclic) bond motifs is 2. The fourth-order valence-electron chi connectivity index (χ4n) is 2.02. The van der Waals surface area contributed by atoms with Crippen LogP contribution in [0, 0.1) is 0 Å². The van der Waals surface area contributed by atoms with Gasteiger partial charge in [-0.1, -0.05) is 23.9 Å². The van der Waals surface area contributed by atoms with Crippen LogP contribution in [0.5, 0.6) is 0 Å². The third-order valence-electron chi connectivity index (χ3n) is 2.96. The third kappa shape index (κ3) is 1.95. The van der Waals surface area contributed by atoms with Gasteiger partial charge in [-0.15, -0.1) is 0 Å². The Hall–Kier alpha value is -2.32. The van der Waals surface area contributed by atoms with Crippen LogP contribution >= 0.6 is 11.8 Å². The van der Waals surface area contributed by atoms with Gasteiger partial charge in [0.1, 0.15) is 5.82 Å². The monoisotopic (exact) mass is 287 g/mol. The molecule has 1 aliphatic heterocycles. The molecular weight excluding hydrogens is 274 g/mol. The maximum atomic E-state index is 6.11. The predicted octanol–water partition coefficient (Wildman–Crippen LogP) is 1.26. The maximum Gasteiger partial charge on any atom is 0.189 e. The Bertz CT molecular complexity index is 685. The highest BCUT2D eigenvalue weighted by Gasteiger charge is 2.24. The fraction of sp³-hybridized carbons (Fsp3) is 0.0833. The molecule has 0 radical (unpaired) electrons. The molecule has 0 fully saturated rings. The van der Waals surface area contributed by atoms with E-state index in [1.54, 1.807) is 6.20 Å². The summed E-state index contributed by atoms with van der Waals surface area (Å²) < 4.78 is 0. The molecule has 0 bridgehead atoms. The van der Waals surface area contributed by atoms with Crippen molar-refractivity contribution in [2.45, 2.75) is 5.16 Å². The first-order valence-corrected chi connectivity index (χ1v) is 7.07. The molecule has 0 saturated heterocycles. The number of aromatic nitrogens is 2. The van der Waals surface area contributed by atoms with Gasteiger partial charge < -0.3 is 11.2 Å². The minimum atomic E-state index is 0.408. The van der Waals surface area contributed by atoms with E-state index in [-0.39, 0.29) is 0 Å². The molecule has 0 aliphatic carbocycles. The van der Waals surface area contributed by atoms with Crippen molar-refractivity contribution in [2.75, 3.05) is 16.6 Å². The lowest BCUT2D eigenvalue weighted by molar-refractivity contribution is 0.968. The van der Waals surface area contributed by atoms with Crippen LogP contribution in [0.1, 0.15) is 5.56 Å². The Morgan fingerprint density at radius 1 is 1.35 bits per heavy atom. The van der Waals surface area contributed by atoms with E-state index < -0.39 is 0 Å². The van der Waals surface area contributed by atoms with Crippen molar-refractivity contribution in [3.05, 3.63) is 36.0 Å². The van der Waals surface area contributed by atoms with E-state index in [0.29, 0.717) is 22.4 Å². The van der Waals surface area contributed by atoms with Crippen LogP contribution in [0.4, 0.5) is 17.2 Å². The second kappa shape index (κ2) is 4.99. The van der Waals surface area contributed by atoms with Crippen LogP contribution in [0.15, 0.2) is 40.7 Å². The highest BCUT2D eigenvalue weighted by molar-refractivity contribution is 7.98. The number of nitrogens with two attached hydrogens (primary N) is 2. The Balaban J connectivity index is 2.23. The molecule has 0 saturated carbocycles. The number of benzene rings is 1. The quantitative estimate of drug-likeness (QED) is 0.314. The van der Waals surface area contributed by atoms with E-state index in [9.17, 15) is 0 Å². The number of hydrazine groups is 1. The van der Waals surface area contributed by atoms with E-state index in [0.717, 1.165) is 11.4 Å². The fourth-order valence-corrected chi connectivity index (χ4v) is 2.36. The molecule has 3 rings (SSSR count). The Labute approximate surface area is 120 Å². The van der Waals surface area contributed by atoms with Gasteiger partial charge >= 0.3 is 0 Å². The van der Waals surface area contributed by atoms with Crippen molar-refractivity contribution >= 4 is 34.8 Å². The zero-order valence-electron chi connectivity index (χ0n) is 10.7. The van der Waals surface area contributed by atoms with Gasteiger partial charge in [-0.3, -0.25) is 5.01 Å². The van der Waals surface area contributed by atoms with E-state index in [2.05, 4.69) is 20.4 Å². The number of hydrogen-bond acceptors (Lipinski definition) is 7. The van der Waals surface area contributed by atoms with Crippen molar-refractivity contribution < 1.29 is 0 Å². The Morgan fingerprint density at radius 2 is 2.15 bits per heavy atom. The van der Waals surface area contributed by atoms with E-state index in [1.807, 2.05) is 30.5 Å². The normalized spacial score (nSPS) is 15.3. The first-order valence-electron chi connectivity index (χ1n) is 5.84. The lowest BCUT2D eigenvalue weighted by atomic mass is 10.2. The number of nitrogens with zero attached hydrogens (tertiary/aromatic N) is 4. The van der Waals surface area contributed by atoms with Gasteiger partial charge in [0.15, 0.2) is 11.0 Å². The van der Waals surface area contributed by atoms with Crippen LogP contribution in [0.25, 0.3) is 0 Å². The van der Waals surface area contributed by atoms with Crippen LogP contribution in [0.2, 0.25) is 0 Å². The number of hydrogen-bond donors (Lipinski definition) is 3. The summed E-state index contributed by atoms with van der Waals surface area (Å²) in [6.45, 7) is 0. The molecule has 102 valence electrons. The number of nitrogens with one attached hydrogen (secondary N) is 1. The molecule has 1 aromatic carbocycles. The summed E-state index contributed by atoms with van der Waals surface area (Å²) in [5, 5.41) is 9.11. The zero-order valence-corrected chi connectivity index (χ0v) is 11.6. The van der Waals surface area contributed by atoms with Gasteiger partial charge in [0.2, 0.25) is 0 Å². The van der Waals surface area contributed by atoms with Gasteiger partial charge in [-0.25, -0.2) is 15.8 Å². The second-order valence-corrected chi connectivity index (χ2v) is 4.86. The topological polar surface area (TPSA) is 105 Å². The van der Waals surface area contributed by atoms with Gasteiger partial charge in [-0.05, 0) is 18.4 Å². The zero-order chi connectivity index (χ0) is 14.1. The van der Waals surface area contributed by atoms with E-state index in [1.165, 1.54) is 16.8 Å². The summed E-state index contributed by atoms with van der Waals surface area (Å²) in [6, 6.07) is 7.60. The molecular formula is C12H13N7S. The molecule has 2 heterocycles. The third-order valence-corrected chi connectivity index (χ3v) is 3.52. The van der Waals surface area contributed by atoms with Crippen molar-refractivity contribution in [1.29, 1.82) is 0 Å². The van der Waals surface area contributed by atoms with Crippen LogP contribution in [-0.2, 0) is 0 Å². The SMILES string of the molecule is CSc1ncc2c(n1)Nc1ccccc1N(N)/C2=N\N. The van der Waals surface area contributed by atoms with Gasteiger partial charge in [-0.2, -0.15) is 5.10 Å². The minimum Gasteiger partial charge on any atom is -0.338 e. The molecule has 20 heavy (non-hydrogen) atoms. The molecule has 1 aromatic heterocycles. The Morgan fingerprint density at radius 3 is 2.90 bits per heavy atom. The average Bonchev–Trinajstić information content (AvgIpc) is 2.60. The number of amidine groups is 1. The second-order valence-electron chi connectivity index (χ2n) is 4.08. The molecule has 1 aliphatic rings. The summed E-state index contributed by atoms with van der Waals surface area (Å²) in [7, 11) is 0. The van der Waals surface area contributed by atoms with Crippen LogP contribution in [0.3, 0.4) is 0 Å². The first-order chi connectivity index (χ1) is 9.74. The number of rotatable bonds is 1. The summed E-state index contributed by atoms with van der Waals surface area (Å²) >= 11 is 1.46. The van der Waals surface area contributed by atoms with Gasteiger partial charge in [0.05, 0.1) is 16.9 Å². The lowest BCUT2D eigenvalue weighted by Gasteiger charge is -2.18. The number of thioether (sulfide) groups is 1. The number of para-hydroxylation sites is 2. The molecule has 8 heteroatoms. The van der Waals surface area contributed by atoms with E-state index >= 15 is 0 Å². The summed E-state index contributed by atoms with van der Waals surface area (Å²) in [5.74, 6) is 12.6. The summed E-state index contributed by atoms with van der Waals surface area (Å²) in [4.78, 5) is 8.69. The number of anilines is 3. The molecule has 7 nitrogen and oxygen atoms in total. The van der Waals surface area contributed by atoms with Gasteiger partial charge in [0.25, 0.3) is 0 Å². The van der Waals surface area contributed by atoms with Crippen molar-refractivity contribution in [3.63, 3.8) is 0 Å². The van der Waals surface area contributed by atoms with Crippen molar-refractivity contribution in [1.82, 2.24) is 9.97 Å². The highest BCUT2D eigenvalue weighted by Crippen LogP contribution is 2.33. The smallest absolute Gasteiger partial charge is 0.189 e. The van der Waals surface area contributed by atoms with Crippen LogP contribution in [-0.4, -0.2) is 22.1 Å². The maximum absolute atomic E-state index is 6.11. The Kier molecular flexibility index (Phi) is 3.17. The standard InChI is InChI=1S/C12H13N7S/c1-20-12-15-6-7-10(17-12)16-8-4-2-3-5-9(8)19(14)11(7)18-13/h2-6H,13-14H2,1H3,(H,15,16,17)/b18-11-. The largest absolute Gasteiger partial charge is 0.338 e. The average molecular weight is 287 g/mol. The predicted molar refractivity (Wildman–Crippen MR) is 80.9 cm³/mol. The molecule has 0 unspecified atom stereocenters.